The Morgan fingerprint density at radius 1 is 1.29 bits per heavy atom. The Balaban J connectivity index is 1.59. The molecule has 0 aromatic heterocycles. The highest BCUT2D eigenvalue weighted by atomic mass is 19.1. The summed E-state index contributed by atoms with van der Waals surface area (Å²) >= 11 is 0. The van der Waals surface area contributed by atoms with Gasteiger partial charge in [-0.25, -0.2) is 4.39 Å². The van der Waals surface area contributed by atoms with Crippen molar-refractivity contribution in [3.63, 3.8) is 0 Å². The maximum atomic E-state index is 13.4. The zero-order valence-corrected chi connectivity index (χ0v) is 12.4. The Morgan fingerprint density at radius 2 is 2.14 bits per heavy atom. The summed E-state index contributed by atoms with van der Waals surface area (Å²) in [6, 6.07) is 6.68. The third-order valence-electron chi connectivity index (χ3n) is 3.81. The van der Waals surface area contributed by atoms with E-state index >= 15 is 0 Å². The molecule has 0 radical (unpaired) electrons. The zero-order chi connectivity index (χ0) is 14.9. The summed E-state index contributed by atoms with van der Waals surface area (Å²) in [7, 11) is 0. The lowest BCUT2D eigenvalue weighted by Crippen LogP contribution is -2.85. The maximum absolute atomic E-state index is 13.4. The molecular weight excluding hydrogens is 267 g/mol. The van der Waals surface area contributed by atoms with Crippen LogP contribution in [0.2, 0.25) is 0 Å². The largest absolute Gasteiger partial charge is 0.351 e. The molecule has 0 unspecified atom stereocenters. The van der Waals surface area contributed by atoms with Gasteiger partial charge in [0, 0.05) is 12.1 Å². The third-order valence-corrected chi connectivity index (χ3v) is 3.81. The highest BCUT2D eigenvalue weighted by Crippen LogP contribution is 2.19. The lowest BCUT2D eigenvalue weighted by molar-refractivity contribution is -0.660. The van der Waals surface area contributed by atoms with Crippen molar-refractivity contribution in [2.75, 3.05) is 13.1 Å². The van der Waals surface area contributed by atoms with Crippen molar-refractivity contribution in [3.8, 4) is 0 Å². The molecule has 2 rings (SSSR count). The molecule has 0 aliphatic heterocycles. The first-order valence-corrected chi connectivity index (χ1v) is 7.75. The first-order valence-electron chi connectivity index (χ1n) is 7.75. The number of rotatable bonds is 7. The van der Waals surface area contributed by atoms with Crippen molar-refractivity contribution in [2.24, 2.45) is 0 Å². The van der Waals surface area contributed by atoms with Crippen LogP contribution in [0.3, 0.4) is 0 Å². The lowest BCUT2D eigenvalue weighted by atomic mass is 9.97. The smallest absolute Gasteiger partial charge is 0.275 e. The van der Waals surface area contributed by atoms with E-state index in [0.717, 1.165) is 6.42 Å². The van der Waals surface area contributed by atoms with Gasteiger partial charge in [-0.3, -0.25) is 4.79 Å². The summed E-state index contributed by atoms with van der Waals surface area (Å²) in [5.41, 5.74) is 2.11. The Morgan fingerprint density at radius 3 is 2.90 bits per heavy atom. The zero-order valence-electron chi connectivity index (χ0n) is 12.4. The van der Waals surface area contributed by atoms with Crippen molar-refractivity contribution in [3.05, 3.63) is 47.3 Å². The van der Waals surface area contributed by atoms with E-state index in [-0.39, 0.29) is 11.7 Å². The number of carbonyl (C=O) groups is 1. The average molecular weight is 291 g/mol. The predicted octanol–water partition coefficient (Wildman–Crippen LogP) is 1.90. The first kappa shape index (κ1) is 15.7. The second kappa shape index (κ2) is 8.57. The van der Waals surface area contributed by atoms with E-state index < -0.39 is 0 Å². The maximum Gasteiger partial charge on any atom is 0.275 e. The summed E-state index contributed by atoms with van der Waals surface area (Å²) in [5, 5.41) is 4.75. The van der Waals surface area contributed by atoms with Gasteiger partial charge in [0.2, 0.25) is 0 Å². The number of nitrogens with two attached hydrogens (primary N) is 1. The number of halogens is 1. The van der Waals surface area contributed by atoms with Crippen LogP contribution in [-0.4, -0.2) is 19.0 Å². The number of hydrogen-bond donors (Lipinski definition) is 2. The standard InChI is InChI=1S/C17H23FN2O/c18-16-9-5-4-8-15(16)12-19-13-17(21)20-11-10-14-6-2-1-3-7-14/h4-6,8-9,19H,1-3,7,10-13H2,(H,20,21)/p+1. The molecule has 0 fully saturated rings. The number of benzene rings is 1. The molecule has 4 heteroatoms. The Kier molecular flexibility index (Phi) is 6.41. The monoisotopic (exact) mass is 291 g/mol. The van der Waals surface area contributed by atoms with Crippen LogP contribution in [0.25, 0.3) is 0 Å². The fraction of sp³-hybridized carbons (Fsp3) is 0.471. The van der Waals surface area contributed by atoms with Gasteiger partial charge in [-0.05, 0) is 38.2 Å². The summed E-state index contributed by atoms with van der Waals surface area (Å²) in [6.45, 7) is 1.54. The van der Waals surface area contributed by atoms with Gasteiger partial charge < -0.3 is 10.6 Å². The molecule has 3 nitrogen and oxygen atoms in total. The number of nitrogens with one attached hydrogen (secondary N) is 1. The Labute approximate surface area is 125 Å². The van der Waals surface area contributed by atoms with Crippen LogP contribution in [-0.2, 0) is 11.3 Å². The average Bonchev–Trinajstić information content (AvgIpc) is 2.50. The summed E-state index contributed by atoms with van der Waals surface area (Å²) < 4.78 is 13.4. The highest BCUT2D eigenvalue weighted by molar-refractivity contribution is 5.76. The van der Waals surface area contributed by atoms with Crippen molar-refractivity contribution in [2.45, 2.75) is 38.6 Å². The molecule has 0 saturated carbocycles. The number of quaternary nitrogens is 1. The molecule has 1 aromatic carbocycles. The minimum Gasteiger partial charge on any atom is -0.351 e. The second-order valence-electron chi connectivity index (χ2n) is 5.50. The van der Waals surface area contributed by atoms with E-state index in [1.807, 2.05) is 11.4 Å². The fourth-order valence-corrected chi connectivity index (χ4v) is 2.59. The minimum absolute atomic E-state index is 0.0164. The number of allylic oxidation sites excluding steroid dienone is 1. The third kappa shape index (κ3) is 5.68. The molecule has 0 bridgehead atoms. The molecule has 0 heterocycles. The molecule has 0 atom stereocenters. The first-order chi connectivity index (χ1) is 10.3. The number of amides is 1. The number of hydrogen-bond acceptors (Lipinski definition) is 1. The van der Waals surface area contributed by atoms with E-state index in [1.54, 1.807) is 12.1 Å². The molecule has 1 aliphatic carbocycles. The van der Waals surface area contributed by atoms with Crippen LogP contribution in [0.1, 0.15) is 37.7 Å². The van der Waals surface area contributed by atoms with Crippen molar-refractivity contribution < 1.29 is 14.5 Å². The molecule has 1 aliphatic rings. The quantitative estimate of drug-likeness (QED) is 0.741. The van der Waals surface area contributed by atoms with Crippen molar-refractivity contribution >= 4 is 5.91 Å². The Hall–Kier alpha value is -1.68. The Bertz CT molecular complexity index is 499. The van der Waals surface area contributed by atoms with Gasteiger partial charge in [0.1, 0.15) is 12.4 Å². The van der Waals surface area contributed by atoms with Crippen LogP contribution in [0.15, 0.2) is 35.9 Å². The van der Waals surface area contributed by atoms with Gasteiger partial charge in [0.25, 0.3) is 5.91 Å². The van der Waals surface area contributed by atoms with E-state index in [1.165, 1.54) is 37.3 Å². The molecule has 114 valence electrons. The predicted molar refractivity (Wildman–Crippen MR) is 81.1 cm³/mol. The second-order valence-corrected chi connectivity index (χ2v) is 5.50. The lowest BCUT2D eigenvalue weighted by Gasteiger charge is -2.12. The van der Waals surface area contributed by atoms with Crippen LogP contribution in [0.4, 0.5) is 4.39 Å². The normalized spacial score (nSPS) is 14.6. The van der Waals surface area contributed by atoms with Gasteiger partial charge in [0.15, 0.2) is 6.54 Å². The van der Waals surface area contributed by atoms with Crippen molar-refractivity contribution in [1.29, 1.82) is 0 Å². The van der Waals surface area contributed by atoms with Crippen LogP contribution in [0.5, 0.6) is 0 Å². The molecule has 0 spiro atoms. The highest BCUT2D eigenvalue weighted by Gasteiger charge is 2.07. The molecule has 1 amide bonds. The molecule has 3 N–H and O–H groups in total. The van der Waals surface area contributed by atoms with Gasteiger partial charge in [-0.1, -0.05) is 29.8 Å². The summed E-state index contributed by atoms with van der Waals surface area (Å²) in [5.74, 6) is -0.193. The van der Waals surface area contributed by atoms with E-state index in [4.69, 9.17) is 0 Å². The van der Waals surface area contributed by atoms with Crippen LogP contribution >= 0.6 is 0 Å². The molecule has 0 saturated heterocycles. The van der Waals surface area contributed by atoms with Gasteiger partial charge in [0.05, 0.1) is 0 Å². The van der Waals surface area contributed by atoms with Gasteiger partial charge in [-0.15, -0.1) is 0 Å². The van der Waals surface area contributed by atoms with Gasteiger partial charge >= 0.3 is 0 Å². The van der Waals surface area contributed by atoms with Crippen LogP contribution in [0, 0.1) is 5.82 Å². The van der Waals surface area contributed by atoms with Crippen LogP contribution < -0.4 is 10.6 Å². The van der Waals surface area contributed by atoms with E-state index in [0.29, 0.717) is 25.2 Å². The number of carbonyl (C=O) groups excluding carboxylic acids is 1. The summed E-state index contributed by atoms with van der Waals surface area (Å²) in [6.07, 6.45) is 8.19. The minimum atomic E-state index is -0.210. The summed E-state index contributed by atoms with van der Waals surface area (Å²) in [4.78, 5) is 11.7. The van der Waals surface area contributed by atoms with E-state index in [2.05, 4.69) is 11.4 Å². The van der Waals surface area contributed by atoms with E-state index in [9.17, 15) is 9.18 Å². The van der Waals surface area contributed by atoms with Gasteiger partial charge in [-0.2, -0.15) is 0 Å². The fourth-order valence-electron chi connectivity index (χ4n) is 2.59. The molecule has 21 heavy (non-hydrogen) atoms. The molecular formula is C17H24FN2O+. The SMILES string of the molecule is O=C(C[NH2+]Cc1ccccc1F)NCCC1=CCCCC1. The topological polar surface area (TPSA) is 45.7 Å². The molecule has 1 aromatic rings. The van der Waals surface area contributed by atoms with Crippen molar-refractivity contribution in [1.82, 2.24) is 5.32 Å².